The van der Waals surface area contributed by atoms with Crippen molar-refractivity contribution in [2.75, 3.05) is 27.3 Å². The molecule has 0 aliphatic heterocycles. The third kappa shape index (κ3) is 5.47. The summed E-state index contributed by atoms with van der Waals surface area (Å²) in [6.45, 7) is 0.426. The summed E-state index contributed by atoms with van der Waals surface area (Å²) in [5.41, 5.74) is -1.82. The summed E-state index contributed by atoms with van der Waals surface area (Å²) < 4.78 is 52.3. The van der Waals surface area contributed by atoms with Crippen molar-refractivity contribution in [1.29, 1.82) is 0 Å². The number of methoxy groups -OCH3 is 1. The van der Waals surface area contributed by atoms with Crippen molar-refractivity contribution in [2.45, 2.75) is 12.6 Å². The molecule has 32 heavy (non-hydrogen) atoms. The van der Waals surface area contributed by atoms with E-state index in [1.165, 1.54) is 31.2 Å². The Kier molecular flexibility index (Phi) is 7.18. The van der Waals surface area contributed by atoms with Crippen LogP contribution in [0.25, 0.3) is 5.82 Å². The molecule has 12 heteroatoms. The quantitative estimate of drug-likeness (QED) is 0.466. The number of halogens is 4. The van der Waals surface area contributed by atoms with E-state index in [1.807, 2.05) is 0 Å². The zero-order valence-corrected chi connectivity index (χ0v) is 17.9. The fraction of sp³-hybridized carbons (Fsp3) is 0.300. The minimum Gasteiger partial charge on any atom is -0.493 e. The normalized spacial score (nSPS) is 11.3. The number of hydrogen-bond acceptors (Lipinski definition) is 6. The van der Waals surface area contributed by atoms with E-state index in [0.717, 1.165) is 6.20 Å². The van der Waals surface area contributed by atoms with Gasteiger partial charge in [-0.25, -0.2) is 4.68 Å². The number of carbonyl (C=O) groups is 1. The number of alkyl halides is 3. The highest BCUT2D eigenvalue weighted by Crippen LogP contribution is 2.34. The summed E-state index contributed by atoms with van der Waals surface area (Å²) in [6.07, 6.45) is -3.58. The van der Waals surface area contributed by atoms with Gasteiger partial charge in [0.1, 0.15) is 5.75 Å². The number of rotatable bonds is 8. The lowest BCUT2D eigenvalue weighted by molar-refractivity contribution is -0.143. The third-order valence-electron chi connectivity index (χ3n) is 4.37. The second kappa shape index (κ2) is 9.86. The van der Waals surface area contributed by atoms with Crippen LogP contribution in [0.4, 0.5) is 13.2 Å². The van der Waals surface area contributed by atoms with E-state index >= 15 is 0 Å². The number of ether oxygens (including phenoxy) is 2. The molecule has 1 amide bonds. The van der Waals surface area contributed by atoms with Crippen LogP contribution in [-0.4, -0.2) is 58.1 Å². The first kappa shape index (κ1) is 23.3. The van der Waals surface area contributed by atoms with Crippen molar-refractivity contribution in [2.24, 2.45) is 0 Å². The molecule has 0 saturated heterocycles. The van der Waals surface area contributed by atoms with Gasteiger partial charge in [0.2, 0.25) is 5.88 Å². The maximum absolute atomic E-state index is 13.8. The average molecular weight is 470 g/mol. The highest BCUT2D eigenvalue weighted by atomic mass is 35.5. The van der Waals surface area contributed by atoms with Crippen molar-refractivity contribution in [1.82, 2.24) is 24.9 Å². The number of benzene rings is 1. The molecule has 0 radical (unpaired) electrons. The Hall–Kier alpha value is -3.34. The monoisotopic (exact) mass is 469 g/mol. The maximum atomic E-state index is 13.8. The zero-order chi connectivity index (χ0) is 23.3. The van der Waals surface area contributed by atoms with E-state index in [1.54, 1.807) is 24.3 Å². The van der Waals surface area contributed by atoms with Crippen LogP contribution in [0.3, 0.4) is 0 Å². The van der Waals surface area contributed by atoms with Gasteiger partial charge in [-0.2, -0.15) is 18.3 Å². The Morgan fingerprint density at radius 1 is 1.22 bits per heavy atom. The van der Waals surface area contributed by atoms with Gasteiger partial charge < -0.3 is 14.4 Å². The second-order valence-corrected chi connectivity index (χ2v) is 7.07. The van der Waals surface area contributed by atoms with Crippen LogP contribution in [0.5, 0.6) is 11.6 Å². The number of hydrogen-bond donors (Lipinski definition) is 0. The molecule has 0 N–H and O–H groups in total. The number of nitrogens with zero attached hydrogens (tertiary/aromatic N) is 5. The summed E-state index contributed by atoms with van der Waals surface area (Å²) >= 11 is 5.88. The number of amides is 1. The fourth-order valence-corrected chi connectivity index (χ4v) is 3.02. The Labute approximate surface area is 186 Å². The molecule has 0 aliphatic carbocycles. The first-order valence-electron chi connectivity index (χ1n) is 9.38. The summed E-state index contributed by atoms with van der Waals surface area (Å²) in [4.78, 5) is 13.9. The fourth-order valence-electron chi connectivity index (χ4n) is 2.84. The van der Waals surface area contributed by atoms with Crippen LogP contribution in [0, 0.1) is 0 Å². The van der Waals surface area contributed by atoms with Gasteiger partial charge in [-0.05, 0) is 30.7 Å². The summed E-state index contributed by atoms with van der Waals surface area (Å²) in [5, 5.41) is 11.6. The average Bonchev–Trinajstić information content (AvgIpc) is 3.22. The van der Waals surface area contributed by atoms with Gasteiger partial charge in [-0.1, -0.05) is 17.7 Å². The summed E-state index contributed by atoms with van der Waals surface area (Å²) in [7, 11) is 2.76. The van der Waals surface area contributed by atoms with Crippen molar-refractivity contribution in [3.8, 4) is 17.4 Å². The highest BCUT2D eigenvalue weighted by Gasteiger charge is 2.41. The van der Waals surface area contributed by atoms with Crippen LogP contribution in [-0.2, 0) is 6.18 Å². The lowest BCUT2D eigenvalue weighted by Gasteiger charge is -2.18. The van der Waals surface area contributed by atoms with Crippen molar-refractivity contribution >= 4 is 17.5 Å². The SMILES string of the molecule is COc1ccc(-n2ncc(C(=O)N(C)CCCOc3cccc(Cl)c3)c2C(F)(F)F)nn1. The van der Waals surface area contributed by atoms with Crippen molar-refractivity contribution in [3.63, 3.8) is 0 Å². The van der Waals surface area contributed by atoms with Gasteiger partial charge in [0.05, 0.1) is 25.5 Å². The van der Waals surface area contributed by atoms with Crippen LogP contribution in [0.15, 0.2) is 42.6 Å². The highest BCUT2D eigenvalue weighted by molar-refractivity contribution is 6.30. The lowest BCUT2D eigenvalue weighted by atomic mass is 10.2. The molecule has 3 aromatic rings. The van der Waals surface area contributed by atoms with Crippen molar-refractivity contribution in [3.05, 3.63) is 58.9 Å². The first-order valence-corrected chi connectivity index (χ1v) is 9.75. The Bertz CT molecular complexity index is 1070. The van der Waals surface area contributed by atoms with E-state index in [9.17, 15) is 18.0 Å². The van der Waals surface area contributed by atoms with Gasteiger partial charge in [0.25, 0.3) is 5.91 Å². The van der Waals surface area contributed by atoms with Gasteiger partial charge in [-0.15, -0.1) is 10.2 Å². The molecular weight excluding hydrogens is 451 g/mol. The van der Waals surface area contributed by atoms with Gasteiger partial charge in [0, 0.05) is 24.7 Å². The molecule has 8 nitrogen and oxygen atoms in total. The van der Waals surface area contributed by atoms with E-state index in [-0.39, 0.29) is 24.8 Å². The molecular formula is C20H19ClF3N5O3. The van der Waals surface area contributed by atoms with Gasteiger partial charge >= 0.3 is 6.18 Å². The van der Waals surface area contributed by atoms with Crippen LogP contribution < -0.4 is 9.47 Å². The Balaban J connectivity index is 1.71. The van der Waals surface area contributed by atoms with Crippen LogP contribution in [0.1, 0.15) is 22.5 Å². The zero-order valence-electron chi connectivity index (χ0n) is 17.1. The van der Waals surface area contributed by atoms with Crippen LogP contribution in [0.2, 0.25) is 5.02 Å². The van der Waals surface area contributed by atoms with Gasteiger partial charge in [-0.3, -0.25) is 4.79 Å². The molecule has 0 saturated carbocycles. The first-order chi connectivity index (χ1) is 15.2. The molecule has 2 aromatic heterocycles. The predicted octanol–water partition coefficient (Wildman–Crippen LogP) is 3.88. The third-order valence-corrected chi connectivity index (χ3v) is 4.60. The van der Waals surface area contributed by atoms with Crippen LogP contribution >= 0.6 is 11.6 Å². The Morgan fingerprint density at radius 2 is 2.00 bits per heavy atom. The van der Waals surface area contributed by atoms with Gasteiger partial charge in [0.15, 0.2) is 11.5 Å². The Morgan fingerprint density at radius 3 is 2.62 bits per heavy atom. The predicted molar refractivity (Wildman–Crippen MR) is 109 cm³/mol. The molecule has 0 atom stereocenters. The van der Waals surface area contributed by atoms with E-state index in [0.29, 0.717) is 21.9 Å². The van der Waals surface area contributed by atoms with E-state index < -0.39 is 23.3 Å². The van der Waals surface area contributed by atoms with Crippen molar-refractivity contribution < 1.29 is 27.4 Å². The largest absolute Gasteiger partial charge is 0.493 e. The molecule has 0 bridgehead atoms. The maximum Gasteiger partial charge on any atom is 0.434 e. The second-order valence-electron chi connectivity index (χ2n) is 6.64. The number of carbonyl (C=O) groups excluding carboxylic acids is 1. The molecule has 0 aliphatic rings. The number of aromatic nitrogens is 4. The summed E-state index contributed by atoms with van der Waals surface area (Å²) in [6, 6.07) is 9.42. The molecule has 1 aromatic carbocycles. The molecule has 0 spiro atoms. The lowest BCUT2D eigenvalue weighted by Crippen LogP contribution is -2.30. The van der Waals surface area contributed by atoms with E-state index in [2.05, 4.69) is 15.3 Å². The van der Waals surface area contributed by atoms with E-state index in [4.69, 9.17) is 21.1 Å². The smallest absolute Gasteiger partial charge is 0.434 e. The minimum atomic E-state index is -4.85. The minimum absolute atomic E-state index is 0.130. The molecule has 3 rings (SSSR count). The molecule has 0 unspecified atom stereocenters. The summed E-state index contributed by atoms with van der Waals surface area (Å²) in [5.74, 6) is -0.333. The molecule has 2 heterocycles. The topological polar surface area (TPSA) is 82.4 Å². The molecule has 170 valence electrons. The molecule has 0 fully saturated rings. The standard InChI is InChI=1S/C20H19ClF3N5O3/c1-28(9-4-10-32-14-6-3-5-13(21)11-14)19(30)15-12-25-29(18(15)20(22,23)24)16-7-8-17(31-2)27-26-16/h3,5-8,11-12H,4,9-10H2,1-2H3.